The zero-order chi connectivity index (χ0) is 22.1. The molecule has 0 aliphatic rings. The molecule has 0 aliphatic heterocycles. The summed E-state index contributed by atoms with van der Waals surface area (Å²) in [5, 5.41) is 10.2. The van der Waals surface area contributed by atoms with Crippen LogP contribution in [0.5, 0.6) is 5.75 Å². The molecule has 2 N–H and O–H groups in total. The van der Waals surface area contributed by atoms with E-state index in [1.54, 1.807) is 11.7 Å². The van der Waals surface area contributed by atoms with E-state index in [1.807, 2.05) is 38.1 Å². The van der Waals surface area contributed by atoms with Crippen molar-refractivity contribution >= 4 is 28.9 Å². The van der Waals surface area contributed by atoms with E-state index in [9.17, 15) is 19.5 Å². The van der Waals surface area contributed by atoms with E-state index >= 15 is 0 Å². The number of H-pyrrole nitrogens is 1. The number of nitrogens with one attached hydrogen (secondary N) is 1. The largest absolute Gasteiger partial charge is 0.497 e. The van der Waals surface area contributed by atoms with E-state index in [0.717, 1.165) is 17.3 Å². The number of hydrogen-bond acceptors (Lipinski definition) is 6. The molecule has 160 valence electrons. The number of carboxylic acid groups (broad SMARTS) is 1. The molecule has 3 aromatic rings. The summed E-state index contributed by atoms with van der Waals surface area (Å²) < 4.78 is 7.09. The molecule has 3 rings (SSSR count). The predicted molar refractivity (Wildman–Crippen MR) is 114 cm³/mol. The third kappa shape index (κ3) is 3.74. The van der Waals surface area contributed by atoms with Gasteiger partial charge in [-0.3, -0.25) is 19.1 Å². The number of aliphatic carboxylic acids is 1. The van der Waals surface area contributed by atoms with Gasteiger partial charge in [0.25, 0.3) is 5.56 Å². The summed E-state index contributed by atoms with van der Waals surface area (Å²) >= 11 is 1.10. The third-order valence-corrected chi connectivity index (χ3v) is 6.90. The number of aromatic nitrogens is 4. The summed E-state index contributed by atoms with van der Waals surface area (Å²) in [6.45, 7) is 3.88. The zero-order valence-electron chi connectivity index (χ0n) is 17.3. The molecule has 2 heterocycles. The second-order valence-electron chi connectivity index (χ2n) is 6.93. The highest BCUT2D eigenvalue weighted by atomic mass is 32.2. The number of nitrogens with zero attached hydrogens (tertiary/aromatic N) is 3. The Morgan fingerprint density at radius 1 is 1.30 bits per heavy atom. The van der Waals surface area contributed by atoms with Crippen LogP contribution < -0.4 is 16.0 Å². The number of ether oxygens (including phenoxy) is 1. The number of benzene rings is 1. The minimum atomic E-state index is -1.10. The molecule has 0 amide bonds. The van der Waals surface area contributed by atoms with Gasteiger partial charge in [0.05, 0.1) is 13.7 Å². The van der Waals surface area contributed by atoms with Crippen LogP contribution in [0.15, 0.2) is 39.0 Å². The van der Waals surface area contributed by atoms with Gasteiger partial charge in [0, 0.05) is 7.05 Å². The molecule has 30 heavy (non-hydrogen) atoms. The molecule has 0 unspecified atom stereocenters. The van der Waals surface area contributed by atoms with Crippen LogP contribution >= 0.6 is 11.8 Å². The van der Waals surface area contributed by atoms with Crippen molar-refractivity contribution in [2.75, 3.05) is 7.11 Å². The molecular weight excluding hydrogens is 408 g/mol. The summed E-state index contributed by atoms with van der Waals surface area (Å²) in [6, 6.07) is 7.36. The smallest absolute Gasteiger partial charge is 0.329 e. The van der Waals surface area contributed by atoms with E-state index in [0.29, 0.717) is 23.7 Å². The number of aryl methyl sites for hydroxylation is 1. The van der Waals surface area contributed by atoms with E-state index in [-0.39, 0.29) is 17.7 Å². The normalized spacial score (nSPS) is 11.7. The van der Waals surface area contributed by atoms with Crippen molar-refractivity contribution in [3.8, 4) is 5.75 Å². The Bertz CT molecular complexity index is 1210. The lowest BCUT2D eigenvalue weighted by molar-refractivity contribution is -0.140. The predicted octanol–water partition coefficient (Wildman–Crippen LogP) is 2.22. The summed E-state index contributed by atoms with van der Waals surface area (Å²) in [5.74, 6) is -0.283. The highest BCUT2D eigenvalue weighted by molar-refractivity contribution is 8.01. The van der Waals surface area contributed by atoms with Gasteiger partial charge in [-0.1, -0.05) is 37.7 Å². The van der Waals surface area contributed by atoms with Gasteiger partial charge in [-0.25, -0.2) is 9.78 Å². The number of methoxy groups -OCH3 is 1. The maximum atomic E-state index is 12.7. The standard InChI is InChI=1S/C20H24N4O5S/c1-5-20(6-2,17(26)27)30-19-21-15-14(16(25)22-18(28)23(15)3)24(19)11-12-8-7-9-13(10-12)29-4/h7-10H,5-6,11H2,1-4H3,(H,26,27)(H,22,25,28). The Morgan fingerprint density at radius 3 is 2.60 bits per heavy atom. The number of imidazole rings is 1. The molecule has 9 nitrogen and oxygen atoms in total. The zero-order valence-corrected chi connectivity index (χ0v) is 18.1. The number of aromatic amines is 1. The van der Waals surface area contributed by atoms with Crippen molar-refractivity contribution in [3.05, 3.63) is 50.7 Å². The van der Waals surface area contributed by atoms with Crippen LogP contribution in [-0.4, -0.2) is 42.0 Å². The Kier molecular flexibility index (Phi) is 6.06. The van der Waals surface area contributed by atoms with E-state index in [2.05, 4.69) is 9.97 Å². The summed E-state index contributed by atoms with van der Waals surface area (Å²) in [7, 11) is 3.08. The average Bonchev–Trinajstić information content (AvgIpc) is 3.08. The van der Waals surface area contributed by atoms with Gasteiger partial charge in [0.2, 0.25) is 0 Å². The van der Waals surface area contributed by atoms with Crippen LogP contribution in [-0.2, 0) is 18.4 Å². The monoisotopic (exact) mass is 432 g/mol. The van der Waals surface area contributed by atoms with Crippen LogP contribution in [0.25, 0.3) is 11.2 Å². The Labute approximate surface area is 176 Å². The highest BCUT2D eigenvalue weighted by Gasteiger charge is 2.38. The van der Waals surface area contributed by atoms with Crippen molar-refractivity contribution in [3.63, 3.8) is 0 Å². The Hall–Kier alpha value is -3.01. The van der Waals surface area contributed by atoms with Crippen LogP contribution in [0.1, 0.15) is 32.3 Å². The number of rotatable bonds is 8. The molecule has 0 bridgehead atoms. The Balaban J connectivity index is 2.25. The summed E-state index contributed by atoms with van der Waals surface area (Å²) in [5.41, 5.74) is 0.127. The van der Waals surface area contributed by atoms with Gasteiger partial charge in [0.15, 0.2) is 16.3 Å². The van der Waals surface area contributed by atoms with Crippen LogP contribution in [0, 0.1) is 0 Å². The molecule has 0 saturated carbocycles. The lowest BCUT2D eigenvalue weighted by Crippen LogP contribution is -2.34. The number of carboxylic acids is 1. The lowest BCUT2D eigenvalue weighted by atomic mass is 10.0. The topological polar surface area (TPSA) is 119 Å². The summed E-state index contributed by atoms with van der Waals surface area (Å²) in [6.07, 6.45) is 0.752. The van der Waals surface area contributed by atoms with Crippen molar-refractivity contribution in [1.29, 1.82) is 0 Å². The maximum absolute atomic E-state index is 12.7. The highest BCUT2D eigenvalue weighted by Crippen LogP contribution is 2.39. The Morgan fingerprint density at radius 2 is 2.00 bits per heavy atom. The van der Waals surface area contributed by atoms with Gasteiger partial charge < -0.3 is 14.4 Å². The van der Waals surface area contributed by atoms with E-state index in [4.69, 9.17) is 4.74 Å². The number of carbonyl (C=O) groups is 1. The molecule has 1 aromatic carbocycles. The quantitative estimate of drug-likeness (QED) is 0.524. The summed E-state index contributed by atoms with van der Waals surface area (Å²) in [4.78, 5) is 43.6. The SMILES string of the molecule is CCC(CC)(Sc1nc2c(c(=O)[nH]c(=O)n2C)n1Cc1cccc(OC)c1)C(=O)O. The van der Waals surface area contributed by atoms with Gasteiger partial charge >= 0.3 is 11.7 Å². The molecule has 10 heteroatoms. The third-order valence-electron chi connectivity index (χ3n) is 5.27. The maximum Gasteiger partial charge on any atom is 0.329 e. The lowest BCUT2D eigenvalue weighted by Gasteiger charge is -2.25. The minimum absolute atomic E-state index is 0.209. The van der Waals surface area contributed by atoms with Gasteiger partial charge in [-0.05, 0) is 30.5 Å². The molecule has 0 spiro atoms. The number of hydrogen-bond donors (Lipinski definition) is 2. The second-order valence-corrected chi connectivity index (χ2v) is 8.28. The van der Waals surface area contributed by atoms with E-state index in [1.165, 1.54) is 11.6 Å². The van der Waals surface area contributed by atoms with Crippen molar-refractivity contribution in [1.82, 2.24) is 19.1 Å². The molecule has 0 radical (unpaired) electrons. The van der Waals surface area contributed by atoms with Crippen LogP contribution in [0.4, 0.5) is 0 Å². The van der Waals surface area contributed by atoms with Gasteiger partial charge in [-0.15, -0.1) is 0 Å². The van der Waals surface area contributed by atoms with Crippen LogP contribution in [0.3, 0.4) is 0 Å². The second kappa shape index (κ2) is 8.39. The van der Waals surface area contributed by atoms with Gasteiger partial charge in [-0.2, -0.15) is 0 Å². The first-order chi connectivity index (χ1) is 14.3. The molecule has 0 aliphatic carbocycles. The van der Waals surface area contributed by atoms with Crippen LogP contribution in [0.2, 0.25) is 0 Å². The number of thioether (sulfide) groups is 1. The van der Waals surface area contributed by atoms with E-state index < -0.39 is 22.0 Å². The van der Waals surface area contributed by atoms with Gasteiger partial charge in [0.1, 0.15) is 10.5 Å². The first kappa shape index (κ1) is 21.7. The average molecular weight is 433 g/mol. The first-order valence-electron chi connectivity index (χ1n) is 9.51. The molecular formula is C20H24N4O5S. The number of fused-ring (bicyclic) bond motifs is 1. The van der Waals surface area contributed by atoms with Crippen molar-refractivity contribution < 1.29 is 14.6 Å². The molecule has 0 fully saturated rings. The molecule has 2 aromatic heterocycles. The van der Waals surface area contributed by atoms with Crippen molar-refractivity contribution in [2.24, 2.45) is 7.05 Å². The fourth-order valence-corrected chi connectivity index (χ4v) is 4.43. The fraction of sp³-hybridized carbons (Fsp3) is 0.400. The molecule has 0 atom stereocenters. The minimum Gasteiger partial charge on any atom is -0.497 e. The van der Waals surface area contributed by atoms with Crippen molar-refractivity contribution in [2.45, 2.75) is 43.1 Å². The molecule has 0 saturated heterocycles. The fourth-order valence-electron chi connectivity index (χ4n) is 3.31. The first-order valence-corrected chi connectivity index (χ1v) is 10.3.